The Kier molecular flexibility index (Phi) is 8.03. The molecule has 8 nitrogen and oxygen atoms in total. The zero-order chi connectivity index (χ0) is 31.2. The van der Waals surface area contributed by atoms with E-state index in [1.54, 1.807) is 0 Å². The Balaban J connectivity index is 1.63. The number of alkyl halides is 3. The van der Waals surface area contributed by atoms with Crippen molar-refractivity contribution in [2.45, 2.75) is 36.4 Å². The molecule has 0 unspecified atom stereocenters. The number of ether oxygens (including phenoxy) is 3. The first-order chi connectivity index (χ1) is 20.2. The monoisotopic (exact) mass is 627 g/mol. The average Bonchev–Trinajstić information content (AvgIpc) is 2.97. The lowest BCUT2D eigenvalue weighted by Crippen LogP contribution is -2.48. The molecule has 2 aliphatic rings. The van der Waals surface area contributed by atoms with Crippen molar-refractivity contribution in [1.29, 1.82) is 0 Å². The Morgan fingerprint density at radius 2 is 1.81 bits per heavy atom. The number of methoxy groups -OCH3 is 1. The second kappa shape index (κ2) is 11.3. The van der Waals surface area contributed by atoms with Gasteiger partial charge in [0, 0.05) is 31.3 Å². The van der Waals surface area contributed by atoms with Crippen molar-refractivity contribution in [1.82, 2.24) is 0 Å². The number of hydrogen-bond acceptors (Lipinski definition) is 6. The number of fused-ring (bicyclic) bond motifs is 1. The van der Waals surface area contributed by atoms with Crippen LogP contribution in [0, 0.1) is 17.0 Å². The van der Waals surface area contributed by atoms with E-state index in [-0.39, 0.29) is 55.0 Å². The number of rotatable bonds is 7. The molecule has 0 aliphatic carbocycles. The molecule has 5 rings (SSSR count). The molecular weight excluding hydrogens is 601 g/mol. The lowest BCUT2D eigenvalue weighted by Gasteiger charge is -2.40. The quantitative estimate of drug-likeness (QED) is 0.326. The van der Waals surface area contributed by atoms with Crippen LogP contribution in [0.3, 0.4) is 0 Å². The third kappa shape index (κ3) is 5.85. The van der Waals surface area contributed by atoms with Gasteiger partial charge in [0.1, 0.15) is 17.7 Å². The average molecular weight is 628 g/mol. The number of anilines is 1. The number of carboxylic acids is 1. The summed E-state index contributed by atoms with van der Waals surface area (Å²) >= 11 is 0. The van der Waals surface area contributed by atoms with Crippen LogP contribution in [0.4, 0.5) is 27.6 Å². The van der Waals surface area contributed by atoms with E-state index in [4.69, 9.17) is 14.2 Å². The van der Waals surface area contributed by atoms with Crippen LogP contribution < -0.4 is 13.8 Å². The van der Waals surface area contributed by atoms with Crippen LogP contribution in [-0.2, 0) is 25.7 Å². The molecule has 0 saturated carbocycles. The number of sulfonamides is 1. The third-order valence-corrected chi connectivity index (χ3v) is 9.47. The van der Waals surface area contributed by atoms with Crippen molar-refractivity contribution in [3.8, 4) is 22.6 Å². The van der Waals surface area contributed by atoms with Crippen molar-refractivity contribution in [2.75, 3.05) is 31.2 Å². The molecule has 0 amide bonds. The molecule has 0 radical (unpaired) electrons. The van der Waals surface area contributed by atoms with Crippen molar-refractivity contribution >= 4 is 21.7 Å². The minimum atomic E-state index is -4.82. The molecule has 0 aromatic heterocycles. The number of halogens is 5. The Labute approximate surface area is 243 Å². The van der Waals surface area contributed by atoms with Gasteiger partial charge in [0.2, 0.25) is 0 Å². The highest BCUT2D eigenvalue weighted by molar-refractivity contribution is 7.92. The smallest absolute Gasteiger partial charge is 0.416 e. The molecule has 2 aliphatic heterocycles. The molecule has 1 saturated heterocycles. The molecule has 1 fully saturated rings. The topological polar surface area (TPSA) is 102 Å². The van der Waals surface area contributed by atoms with Crippen molar-refractivity contribution < 1.29 is 54.5 Å². The van der Waals surface area contributed by atoms with E-state index in [1.807, 2.05) is 0 Å². The second-order valence-corrected chi connectivity index (χ2v) is 12.2. The van der Waals surface area contributed by atoms with Gasteiger partial charge in [-0.1, -0.05) is 12.1 Å². The van der Waals surface area contributed by atoms with Gasteiger partial charge in [0.05, 0.1) is 35.2 Å². The summed E-state index contributed by atoms with van der Waals surface area (Å²) in [6.45, 7) is -0.109. The van der Waals surface area contributed by atoms with Crippen LogP contribution in [0.1, 0.15) is 24.8 Å². The molecular formula is C29H26F5NO7S. The second-order valence-electron chi connectivity index (χ2n) is 10.4. The first kappa shape index (κ1) is 30.5. The zero-order valence-corrected chi connectivity index (χ0v) is 23.5. The molecule has 2 heterocycles. The molecule has 43 heavy (non-hydrogen) atoms. The SMILES string of the molecule is COc1cc(F)cc(-c2ccc3c(c2)N(S(=O)(=O)c2cccc(C(F)(F)F)c2)C[C@H](CC2(C(=O)O)CCOCC2)O3)c1F. The first-order valence-electron chi connectivity index (χ1n) is 13.1. The van der Waals surface area contributed by atoms with Gasteiger partial charge in [-0.05, 0) is 54.8 Å². The summed E-state index contributed by atoms with van der Waals surface area (Å²) in [5.41, 5.74) is -2.84. The Bertz CT molecular complexity index is 1660. The Morgan fingerprint density at radius 3 is 2.47 bits per heavy atom. The van der Waals surface area contributed by atoms with E-state index in [1.165, 1.54) is 18.2 Å². The molecule has 1 N–H and O–H groups in total. The molecule has 230 valence electrons. The van der Waals surface area contributed by atoms with Gasteiger partial charge in [0.15, 0.2) is 11.6 Å². The Hall–Kier alpha value is -3.91. The summed E-state index contributed by atoms with van der Waals surface area (Å²) in [7, 11) is -3.57. The standard InChI is InChI=1S/C29H26F5NO7S/c1-40-25-14-19(30)13-22(26(25)31)17-5-6-24-23(11-17)35(43(38,39)21-4-2-3-18(12-21)29(32,33)34)16-20(42-24)15-28(27(36)37)7-9-41-10-8-28/h2-6,11-14,20H,7-10,15-16H2,1H3,(H,36,37)/t20-/m0/s1. The molecule has 1 atom stereocenters. The first-order valence-corrected chi connectivity index (χ1v) is 14.5. The van der Waals surface area contributed by atoms with Crippen LogP contribution in [0.2, 0.25) is 0 Å². The summed E-state index contributed by atoms with van der Waals surface area (Å²) in [5.74, 6) is -3.29. The fourth-order valence-electron chi connectivity index (χ4n) is 5.40. The minimum absolute atomic E-state index is 0.0341. The maximum absolute atomic E-state index is 15.1. The van der Waals surface area contributed by atoms with E-state index in [0.29, 0.717) is 6.07 Å². The maximum Gasteiger partial charge on any atom is 0.416 e. The lowest BCUT2D eigenvalue weighted by molar-refractivity contribution is -0.157. The number of hydrogen-bond donors (Lipinski definition) is 1. The molecule has 0 bridgehead atoms. The van der Waals surface area contributed by atoms with Crippen LogP contribution in [0.25, 0.3) is 11.1 Å². The van der Waals surface area contributed by atoms with Gasteiger partial charge in [-0.15, -0.1) is 0 Å². The summed E-state index contributed by atoms with van der Waals surface area (Å²) in [6, 6.07) is 8.81. The molecule has 3 aromatic rings. The Morgan fingerprint density at radius 1 is 1.09 bits per heavy atom. The summed E-state index contributed by atoms with van der Waals surface area (Å²) in [6.07, 6.45) is -5.66. The summed E-state index contributed by atoms with van der Waals surface area (Å²) < 4.78 is 115. The number of nitrogens with zero attached hydrogens (tertiary/aromatic N) is 1. The highest BCUT2D eigenvalue weighted by atomic mass is 32.2. The van der Waals surface area contributed by atoms with E-state index in [0.717, 1.165) is 41.7 Å². The van der Waals surface area contributed by atoms with Crippen molar-refractivity contribution in [3.63, 3.8) is 0 Å². The van der Waals surface area contributed by atoms with Gasteiger partial charge in [-0.25, -0.2) is 17.2 Å². The van der Waals surface area contributed by atoms with Crippen LogP contribution in [0.15, 0.2) is 59.5 Å². The zero-order valence-electron chi connectivity index (χ0n) is 22.7. The minimum Gasteiger partial charge on any atom is -0.494 e. The summed E-state index contributed by atoms with van der Waals surface area (Å²) in [4.78, 5) is 11.6. The van der Waals surface area contributed by atoms with E-state index in [2.05, 4.69) is 0 Å². The predicted octanol–water partition coefficient (Wildman–Crippen LogP) is 5.89. The maximum atomic E-state index is 15.1. The van der Waals surface area contributed by atoms with Gasteiger partial charge < -0.3 is 19.3 Å². The normalized spacial score (nSPS) is 18.5. The van der Waals surface area contributed by atoms with Crippen molar-refractivity contribution in [2.24, 2.45) is 5.41 Å². The third-order valence-electron chi connectivity index (χ3n) is 7.70. The van der Waals surface area contributed by atoms with Crippen LogP contribution in [-0.4, -0.2) is 52.5 Å². The number of aliphatic carboxylic acids is 1. The van der Waals surface area contributed by atoms with Crippen molar-refractivity contribution in [3.05, 3.63) is 71.8 Å². The number of carbonyl (C=O) groups is 1. The van der Waals surface area contributed by atoms with E-state index >= 15 is 4.39 Å². The fraction of sp³-hybridized carbons (Fsp3) is 0.345. The van der Waals surface area contributed by atoms with E-state index in [9.17, 15) is 35.9 Å². The lowest BCUT2D eigenvalue weighted by atomic mass is 9.75. The van der Waals surface area contributed by atoms with Gasteiger partial charge >= 0.3 is 12.1 Å². The molecule has 3 aromatic carbocycles. The largest absolute Gasteiger partial charge is 0.494 e. The van der Waals surface area contributed by atoms with Crippen LogP contribution >= 0.6 is 0 Å². The van der Waals surface area contributed by atoms with Gasteiger partial charge in [-0.3, -0.25) is 9.10 Å². The van der Waals surface area contributed by atoms with Crippen LogP contribution in [0.5, 0.6) is 11.5 Å². The highest BCUT2D eigenvalue weighted by Gasteiger charge is 2.45. The number of benzene rings is 3. The molecule has 14 heteroatoms. The van der Waals surface area contributed by atoms with E-state index < -0.39 is 68.1 Å². The number of carboxylic acid groups (broad SMARTS) is 1. The predicted molar refractivity (Wildman–Crippen MR) is 143 cm³/mol. The van der Waals surface area contributed by atoms with Gasteiger partial charge in [-0.2, -0.15) is 13.2 Å². The summed E-state index contributed by atoms with van der Waals surface area (Å²) in [5, 5.41) is 10.1. The highest BCUT2D eigenvalue weighted by Crippen LogP contribution is 2.45. The fourth-order valence-corrected chi connectivity index (χ4v) is 6.94. The van der Waals surface area contributed by atoms with Gasteiger partial charge in [0.25, 0.3) is 10.0 Å². The molecule has 0 spiro atoms.